The molecule has 4 nitrogen and oxygen atoms in total. The fourth-order valence-corrected chi connectivity index (χ4v) is 3.53. The minimum Gasteiger partial charge on any atom is -0.377 e. The van der Waals surface area contributed by atoms with Crippen molar-refractivity contribution in [2.45, 2.75) is 19.4 Å². The molecule has 1 aromatic rings. The molecular weight excluding hydrogens is 320 g/mol. The Hall–Kier alpha value is -1.07. The number of hydrogen-bond donors (Lipinski definition) is 1. The van der Waals surface area contributed by atoms with Gasteiger partial charge in [-0.2, -0.15) is 0 Å². The molecule has 1 aromatic carbocycles. The van der Waals surface area contributed by atoms with E-state index in [2.05, 4.69) is 38.3 Å². The van der Waals surface area contributed by atoms with Crippen LogP contribution in [0.2, 0.25) is 0 Å². The second-order valence-corrected chi connectivity index (χ2v) is 6.23. The molecule has 0 bridgehead atoms. The summed E-state index contributed by atoms with van der Waals surface area (Å²) in [5.41, 5.74) is 2.50. The zero-order valence-corrected chi connectivity index (χ0v) is 13.1. The number of carbonyl (C=O) groups excluding carboxylic acids is 1. The lowest BCUT2D eigenvalue weighted by atomic mass is 9.84. The summed E-state index contributed by atoms with van der Waals surface area (Å²) in [6.07, 6.45) is 0.791. The van der Waals surface area contributed by atoms with E-state index in [1.807, 2.05) is 13.0 Å². The number of hydrogen-bond acceptors (Lipinski definition) is 3. The quantitative estimate of drug-likeness (QED) is 0.896. The molecule has 1 fully saturated rings. The van der Waals surface area contributed by atoms with E-state index in [1.54, 1.807) is 0 Å². The summed E-state index contributed by atoms with van der Waals surface area (Å²) in [5.74, 6) is 0.116. The number of rotatable bonds is 2. The second-order valence-electron chi connectivity index (χ2n) is 5.31. The van der Waals surface area contributed by atoms with Crippen LogP contribution in [0.3, 0.4) is 0 Å². The van der Waals surface area contributed by atoms with E-state index >= 15 is 0 Å². The lowest BCUT2D eigenvalue weighted by Gasteiger charge is -2.45. The first-order valence-corrected chi connectivity index (χ1v) is 7.90. The minimum atomic E-state index is -0.0241. The number of anilines is 1. The molecule has 2 aliphatic rings. The maximum atomic E-state index is 12.3. The molecule has 1 N–H and O–H groups in total. The summed E-state index contributed by atoms with van der Waals surface area (Å²) in [5, 5.41) is 2.96. The third kappa shape index (κ3) is 2.44. The largest absolute Gasteiger partial charge is 0.377 e. The molecular formula is C15H19BrN2O2. The van der Waals surface area contributed by atoms with E-state index < -0.39 is 0 Å². The van der Waals surface area contributed by atoms with Gasteiger partial charge in [-0.25, -0.2) is 0 Å². The van der Waals surface area contributed by atoms with E-state index in [9.17, 15) is 4.79 Å². The van der Waals surface area contributed by atoms with Gasteiger partial charge in [0.15, 0.2) is 0 Å². The first kappa shape index (κ1) is 13.9. The van der Waals surface area contributed by atoms with Crippen LogP contribution in [-0.2, 0) is 16.0 Å². The maximum Gasteiger partial charge on any atom is 0.225 e. The number of halogens is 1. The molecule has 108 valence electrons. The Labute approximate surface area is 127 Å². The molecule has 2 unspecified atom stereocenters. The highest BCUT2D eigenvalue weighted by Gasteiger charge is 2.39. The topological polar surface area (TPSA) is 41.6 Å². The van der Waals surface area contributed by atoms with Crippen LogP contribution in [-0.4, -0.2) is 38.3 Å². The lowest BCUT2D eigenvalue weighted by Crippen LogP contribution is -2.56. The van der Waals surface area contributed by atoms with Gasteiger partial charge >= 0.3 is 0 Å². The molecule has 0 saturated carbocycles. The van der Waals surface area contributed by atoms with Crippen LogP contribution in [0.25, 0.3) is 0 Å². The summed E-state index contributed by atoms with van der Waals surface area (Å²) >= 11 is 3.54. The monoisotopic (exact) mass is 338 g/mol. The predicted molar refractivity (Wildman–Crippen MR) is 82.0 cm³/mol. The van der Waals surface area contributed by atoms with Crippen molar-refractivity contribution in [1.82, 2.24) is 5.32 Å². The van der Waals surface area contributed by atoms with Crippen molar-refractivity contribution >= 4 is 27.5 Å². The van der Waals surface area contributed by atoms with Gasteiger partial charge in [-0.1, -0.05) is 22.0 Å². The molecule has 2 aliphatic heterocycles. The van der Waals surface area contributed by atoms with Gasteiger partial charge in [-0.15, -0.1) is 0 Å². The van der Waals surface area contributed by atoms with Gasteiger partial charge in [-0.3, -0.25) is 4.79 Å². The van der Waals surface area contributed by atoms with E-state index in [1.165, 1.54) is 11.3 Å². The molecule has 0 radical (unpaired) electrons. The van der Waals surface area contributed by atoms with Gasteiger partial charge < -0.3 is 15.0 Å². The number of nitrogens with one attached hydrogen (secondary N) is 1. The van der Waals surface area contributed by atoms with Gasteiger partial charge in [0.05, 0.1) is 25.2 Å². The average molecular weight is 339 g/mol. The molecule has 1 amide bonds. The van der Waals surface area contributed by atoms with Crippen LogP contribution >= 0.6 is 15.9 Å². The summed E-state index contributed by atoms with van der Waals surface area (Å²) in [4.78, 5) is 14.7. The van der Waals surface area contributed by atoms with Crippen LogP contribution in [0.4, 0.5) is 5.69 Å². The number of fused-ring (bicyclic) bond motifs is 3. The van der Waals surface area contributed by atoms with Crippen molar-refractivity contribution in [1.29, 1.82) is 0 Å². The molecule has 0 spiro atoms. The first-order chi connectivity index (χ1) is 9.70. The highest BCUT2D eigenvalue weighted by molar-refractivity contribution is 9.10. The third-order valence-corrected chi connectivity index (χ3v) is 4.61. The Balaban J connectivity index is 1.96. The maximum absolute atomic E-state index is 12.3. The SMILES string of the molecule is CCNC(=O)C1Cc2ccc(Br)cc2N2CCOCC12. The fraction of sp³-hybridized carbons (Fsp3) is 0.533. The molecule has 20 heavy (non-hydrogen) atoms. The zero-order valence-electron chi connectivity index (χ0n) is 11.6. The van der Waals surface area contributed by atoms with Crippen LogP contribution < -0.4 is 10.2 Å². The number of morpholine rings is 1. The number of carbonyl (C=O) groups is 1. The molecule has 2 atom stereocenters. The molecule has 5 heteroatoms. The van der Waals surface area contributed by atoms with E-state index in [4.69, 9.17) is 4.74 Å². The molecule has 0 aromatic heterocycles. The normalized spacial score (nSPS) is 24.8. The average Bonchev–Trinajstić information content (AvgIpc) is 2.47. The summed E-state index contributed by atoms with van der Waals surface area (Å²) < 4.78 is 6.69. The highest BCUT2D eigenvalue weighted by atomic mass is 79.9. The van der Waals surface area contributed by atoms with E-state index in [0.717, 1.165) is 24.0 Å². The summed E-state index contributed by atoms with van der Waals surface area (Å²) in [7, 11) is 0. The number of amides is 1. The zero-order chi connectivity index (χ0) is 14.1. The van der Waals surface area contributed by atoms with Crippen molar-refractivity contribution in [2.24, 2.45) is 5.92 Å². The van der Waals surface area contributed by atoms with Crippen LogP contribution in [0.15, 0.2) is 22.7 Å². The van der Waals surface area contributed by atoms with Crippen molar-refractivity contribution in [2.75, 3.05) is 31.2 Å². The van der Waals surface area contributed by atoms with Gasteiger partial charge in [0.2, 0.25) is 5.91 Å². The van der Waals surface area contributed by atoms with Crippen molar-refractivity contribution in [3.63, 3.8) is 0 Å². The first-order valence-electron chi connectivity index (χ1n) is 7.11. The molecule has 0 aliphatic carbocycles. The van der Waals surface area contributed by atoms with Gasteiger partial charge in [-0.05, 0) is 31.0 Å². The van der Waals surface area contributed by atoms with E-state index in [-0.39, 0.29) is 17.9 Å². The number of benzene rings is 1. The van der Waals surface area contributed by atoms with Crippen LogP contribution in [0.1, 0.15) is 12.5 Å². The Morgan fingerprint density at radius 2 is 2.40 bits per heavy atom. The van der Waals surface area contributed by atoms with Crippen molar-refractivity contribution < 1.29 is 9.53 Å². The lowest BCUT2D eigenvalue weighted by molar-refractivity contribution is -0.126. The van der Waals surface area contributed by atoms with Gasteiger partial charge in [0, 0.05) is 23.2 Å². The minimum absolute atomic E-state index is 0.0241. The van der Waals surface area contributed by atoms with Gasteiger partial charge in [0.25, 0.3) is 0 Å². The molecule has 1 saturated heterocycles. The fourth-order valence-electron chi connectivity index (χ4n) is 3.18. The highest BCUT2D eigenvalue weighted by Crippen LogP contribution is 2.37. The van der Waals surface area contributed by atoms with Gasteiger partial charge in [0.1, 0.15) is 0 Å². The Bertz CT molecular complexity index is 521. The Kier molecular flexibility index (Phi) is 3.98. The number of ether oxygens (including phenoxy) is 1. The Morgan fingerprint density at radius 3 is 3.20 bits per heavy atom. The standard InChI is InChI=1S/C15H19BrN2O2/c1-2-17-15(19)12-7-10-3-4-11(16)8-13(10)18-5-6-20-9-14(12)18/h3-4,8,12,14H,2,5-7,9H2,1H3,(H,17,19). The second kappa shape index (κ2) is 5.74. The summed E-state index contributed by atoms with van der Waals surface area (Å²) in [6, 6.07) is 6.48. The van der Waals surface area contributed by atoms with E-state index in [0.29, 0.717) is 13.2 Å². The van der Waals surface area contributed by atoms with Crippen LogP contribution in [0, 0.1) is 5.92 Å². The predicted octanol–water partition coefficient (Wildman–Crippen LogP) is 1.96. The Morgan fingerprint density at radius 1 is 1.55 bits per heavy atom. The summed E-state index contributed by atoms with van der Waals surface area (Å²) in [6.45, 7) is 4.85. The molecule has 3 rings (SSSR count). The smallest absolute Gasteiger partial charge is 0.225 e. The number of nitrogens with zero attached hydrogens (tertiary/aromatic N) is 1. The molecule has 2 heterocycles. The van der Waals surface area contributed by atoms with Crippen LogP contribution in [0.5, 0.6) is 0 Å². The third-order valence-electron chi connectivity index (χ3n) is 4.11. The van der Waals surface area contributed by atoms with Crippen molar-refractivity contribution in [3.05, 3.63) is 28.2 Å². The van der Waals surface area contributed by atoms with Crippen molar-refractivity contribution in [3.8, 4) is 0 Å².